The summed E-state index contributed by atoms with van der Waals surface area (Å²) in [5, 5.41) is 9.83. The monoisotopic (exact) mass is 411 g/mol. The largest absolute Gasteiger partial charge is 0.389 e. The Labute approximate surface area is 168 Å². The SMILES string of the molecule is COC(c1ccccc1)C1CC(c2csc(C3(F)CCNCC3)n2)=NO1.Cl. The van der Waals surface area contributed by atoms with Crippen LogP contribution in [0.2, 0.25) is 0 Å². The third-order valence-electron chi connectivity index (χ3n) is 4.99. The lowest BCUT2D eigenvalue weighted by Gasteiger charge is -2.27. The number of ether oxygens (including phenoxy) is 1. The maximum Gasteiger partial charge on any atom is 0.164 e. The minimum absolute atomic E-state index is 0. The molecule has 0 saturated carbocycles. The summed E-state index contributed by atoms with van der Waals surface area (Å²) in [6.07, 6.45) is 1.11. The van der Waals surface area contributed by atoms with E-state index in [1.165, 1.54) is 11.3 Å². The lowest BCUT2D eigenvalue weighted by atomic mass is 9.95. The van der Waals surface area contributed by atoms with E-state index in [2.05, 4.69) is 15.5 Å². The first-order chi connectivity index (χ1) is 12.7. The topological polar surface area (TPSA) is 55.7 Å². The number of rotatable bonds is 5. The minimum Gasteiger partial charge on any atom is -0.389 e. The molecule has 2 atom stereocenters. The summed E-state index contributed by atoms with van der Waals surface area (Å²) in [7, 11) is 1.67. The third-order valence-corrected chi connectivity index (χ3v) is 6.01. The van der Waals surface area contributed by atoms with Crippen LogP contribution >= 0.6 is 23.7 Å². The van der Waals surface area contributed by atoms with Crippen LogP contribution in [0, 0.1) is 0 Å². The zero-order valence-electron chi connectivity index (χ0n) is 15.1. The van der Waals surface area contributed by atoms with Crippen molar-refractivity contribution in [3.8, 4) is 0 Å². The van der Waals surface area contributed by atoms with Crippen LogP contribution in [0.25, 0.3) is 0 Å². The van der Waals surface area contributed by atoms with E-state index in [-0.39, 0.29) is 24.6 Å². The van der Waals surface area contributed by atoms with E-state index in [1.54, 1.807) is 7.11 Å². The van der Waals surface area contributed by atoms with Crippen molar-refractivity contribution in [3.63, 3.8) is 0 Å². The smallest absolute Gasteiger partial charge is 0.164 e. The summed E-state index contributed by atoms with van der Waals surface area (Å²) < 4.78 is 20.7. The molecule has 1 saturated heterocycles. The molecule has 2 aliphatic rings. The van der Waals surface area contributed by atoms with Gasteiger partial charge in [-0.05, 0) is 18.7 Å². The number of hydrogen-bond acceptors (Lipinski definition) is 6. The first-order valence-corrected chi connectivity index (χ1v) is 9.74. The highest BCUT2D eigenvalue weighted by molar-refractivity contribution is 7.10. The Bertz CT molecular complexity index is 780. The number of halogens is 2. The predicted molar refractivity (Wildman–Crippen MR) is 106 cm³/mol. The molecule has 27 heavy (non-hydrogen) atoms. The highest BCUT2D eigenvalue weighted by Gasteiger charge is 2.38. The molecule has 0 amide bonds. The Hall–Kier alpha value is -1.54. The average molecular weight is 412 g/mol. The van der Waals surface area contributed by atoms with Gasteiger partial charge in [-0.3, -0.25) is 0 Å². The fourth-order valence-corrected chi connectivity index (χ4v) is 4.48. The van der Waals surface area contributed by atoms with Crippen LogP contribution < -0.4 is 5.32 Å². The quantitative estimate of drug-likeness (QED) is 0.808. The summed E-state index contributed by atoms with van der Waals surface area (Å²) >= 11 is 1.37. The molecule has 2 aromatic rings. The summed E-state index contributed by atoms with van der Waals surface area (Å²) in [6, 6.07) is 9.95. The van der Waals surface area contributed by atoms with Crippen LogP contribution in [0.3, 0.4) is 0 Å². The summed E-state index contributed by atoms with van der Waals surface area (Å²) in [6.45, 7) is 1.37. The first-order valence-electron chi connectivity index (χ1n) is 8.86. The van der Waals surface area contributed by atoms with E-state index in [1.807, 2.05) is 35.7 Å². The molecule has 0 bridgehead atoms. The van der Waals surface area contributed by atoms with Crippen molar-refractivity contribution in [1.82, 2.24) is 10.3 Å². The number of oxime groups is 1. The van der Waals surface area contributed by atoms with Gasteiger partial charge >= 0.3 is 0 Å². The zero-order chi connectivity index (χ0) is 18.0. The van der Waals surface area contributed by atoms with Gasteiger partial charge in [0.05, 0.1) is 5.69 Å². The van der Waals surface area contributed by atoms with Crippen molar-refractivity contribution in [3.05, 3.63) is 52.0 Å². The third kappa shape index (κ3) is 4.16. The second kappa shape index (κ2) is 8.65. The van der Waals surface area contributed by atoms with Crippen molar-refractivity contribution < 1.29 is 14.0 Å². The Morgan fingerprint density at radius 1 is 1.30 bits per heavy atom. The van der Waals surface area contributed by atoms with Crippen LogP contribution in [-0.2, 0) is 15.2 Å². The number of nitrogens with zero attached hydrogens (tertiary/aromatic N) is 2. The second-order valence-corrected chi connectivity index (χ2v) is 7.56. The van der Waals surface area contributed by atoms with Gasteiger partial charge in [-0.2, -0.15) is 0 Å². The number of benzene rings is 1. The molecule has 3 heterocycles. The molecule has 8 heteroatoms. The van der Waals surface area contributed by atoms with Crippen LogP contribution in [0.15, 0.2) is 40.9 Å². The fourth-order valence-electron chi connectivity index (χ4n) is 3.50. The maximum absolute atomic E-state index is 15.1. The lowest BCUT2D eigenvalue weighted by Crippen LogP contribution is -2.36. The standard InChI is InChI=1S/C19H22FN3O2S.ClH/c1-24-17(13-5-3-2-4-6-13)16-11-14(23-25-16)15-12-26-18(22-15)19(20)7-9-21-10-8-19;/h2-6,12,16-17,21H,7-11H2,1H3;1H. The molecule has 2 unspecified atom stereocenters. The van der Waals surface area contributed by atoms with Gasteiger partial charge in [0.1, 0.15) is 16.8 Å². The minimum atomic E-state index is -1.33. The number of hydrogen-bond donors (Lipinski definition) is 1. The molecule has 1 aromatic carbocycles. The molecular formula is C19H23ClFN3O2S. The van der Waals surface area contributed by atoms with Gasteiger partial charge in [0, 0.05) is 31.8 Å². The van der Waals surface area contributed by atoms with Gasteiger partial charge in [-0.25, -0.2) is 9.37 Å². The average Bonchev–Trinajstić information content (AvgIpc) is 3.34. The fraction of sp³-hybridized carbons (Fsp3) is 0.474. The van der Waals surface area contributed by atoms with Gasteiger partial charge < -0.3 is 14.9 Å². The van der Waals surface area contributed by atoms with Gasteiger partial charge in [0.25, 0.3) is 0 Å². The van der Waals surface area contributed by atoms with E-state index >= 15 is 4.39 Å². The number of nitrogens with one attached hydrogen (secondary N) is 1. The summed E-state index contributed by atoms with van der Waals surface area (Å²) in [5.41, 5.74) is 1.19. The Morgan fingerprint density at radius 3 is 2.74 bits per heavy atom. The molecule has 0 aliphatic carbocycles. The summed E-state index contributed by atoms with van der Waals surface area (Å²) in [4.78, 5) is 10.2. The van der Waals surface area contributed by atoms with Crippen LogP contribution in [-0.4, -0.2) is 37.0 Å². The van der Waals surface area contributed by atoms with E-state index in [4.69, 9.17) is 9.57 Å². The lowest BCUT2D eigenvalue weighted by molar-refractivity contribution is -0.0412. The van der Waals surface area contributed by atoms with Crippen molar-refractivity contribution in [2.75, 3.05) is 20.2 Å². The van der Waals surface area contributed by atoms with Crippen molar-refractivity contribution in [2.45, 2.75) is 37.1 Å². The van der Waals surface area contributed by atoms with E-state index in [0.717, 1.165) is 11.3 Å². The van der Waals surface area contributed by atoms with Gasteiger partial charge in [0.2, 0.25) is 0 Å². The van der Waals surface area contributed by atoms with Gasteiger partial charge in [-0.15, -0.1) is 23.7 Å². The van der Waals surface area contributed by atoms with Crippen molar-refractivity contribution in [2.24, 2.45) is 5.16 Å². The maximum atomic E-state index is 15.1. The van der Waals surface area contributed by atoms with Gasteiger partial charge in [0.15, 0.2) is 11.8 Å². The van der Waals surface area contributed by atoms with Crippen LogP contribution in [0.5, 0.6) is 0 Å². The van der Waals surface area contributed by atoms with Crippen molar-refractivity contribution in [1.29, 1.82) is 0 Å². The number of aromatic nitrogens is 1. The molecule has 146 valence electrons. The zero-order valence-corrected chi connectivity index (χ0v) is 16.7. The predicted octanol–water partition coefficient (Wildman–Crippen LogP) is 3.99. The Balaban J connectivity index is 0.00000210. The Morgan fingerprint density at radius 2 is 2.04 bits per heavy atom. The van der Waals surface area contributed by atoms with Crippen LogP contribution in [0.1, 0.15) is 41.6 Å². The van der Waals surface area contributed by atoms with E-state index < -0.39 is 5.67 Å². The molecule has 2 aliphatic heterocycles. The molecule has 1 fully saturated rings. The second-order valence-electron chi connectivity index (χ2n) is 6.71. The highest BCUT2D eigenvalue weighted by Crippen LogP contribution is 2.38. The van der Waals surface area contributed by atoms with E-state index in [9.17, 15) is 0 Å². The van der Waals surface area contributed by atoms with E-state index in [0.29, 0.717) is 43.1 Å². The molecule has 1 N–H and O–H groups in total. The highest BCUT2D eigenvalue weighted by atomic mass is 35.5. The van der Waals surface area contributed by atoms with Gasteiger partial charge in [-0.1, -0.05) is 35.5 Å². The normalized spacial score (nSPS) is 22.4. The number of thiazole rings is 1. The first kappa shape index (κ1) is 20.2. The molecule has 0 spiro atoms. The molecule has 4 rings (SSSR count). The summed E-state index contributed by atoms with van der Waals surface area (Å²) in [5.74, 6) is 0. The molecule has 0 radical (unpaired) electrons. The van der Waals surface area contributed by atoms with Crippen molar-refractivity contribution >= 4 is 29.5 Å². The number of methoxy groups -OCH3 is 1. The van der Waals surface area contributed by atoms with Crippen LogP contribution in [0.4, 0.5) is 4.39 Å². The molecule has 5 nitrogen and oxygen atoms in total. The molecular weight excluding hydrogens is 389 g/mol. The number of piperidine rings is 1. The Kier molecular flexibility index (Phi) is 6.47. The molecule has 1 aromatic heterocycles. The number of alkyl halides is 1.